The van der Waals surface area contributed by atoms with Crippen LogP contribution in [0.2, 0.25) is 0 Å². The first-order valence-corrected chi connectivity index (χ1v) is 3.59. The van der Waals surface area contributed by atoms with Gasteiger partial charge in [-0.15, -0.1) is 0 Å². The van der Waals surface area contributed by atoms with Crippen LogP contribution in [0.1, 0.15) is 12.8 Å². The minimum absolute atomic E-state index is 0.980. The summed E-state index contributed by atoms with van der Waals surface area (Å²) in [4.78, 5) is 2.24. The number of hydrogen-bond donors (Lipinski definition) is 0. The van der Waals surface area contributed by atoms with E-state index in [4.69, 9.17) is 5.26 Å². The largest absolute Gasteiger partial charge is 0.302 e. The Balaban J connectivity index is 2.49. The van der Waals surface area contributed by atoms with Crippen molar-refractivity contribution in [2.24, 2.45) is 0 Å². The van der Waals surface area contributed by atoms with Gasteiger partial charge >= 0.3 is 0 Å². The smallest absolute Gasteiger partial charge is 0.0912 e. The highest BCUT2D eigenvalue weighted by atomic mass is 15.1. The van der Waals surface area contributed by atoms with Crippen LogP contribution in [0, 0.1) is 11.3 Å². The van der Waals surface area contributed by atoms with Gasteiger partial charge in [0.05, 0.1) is 6.07 Å². The Bertz CT molecular complexity index is 176. The Morgan fingerprint density at radius 1 is 1.70 bits per heavy atom. The molecule has 0 aliphatic carbocycles. The number of likely N-dealkylation sites (N-methyl/N-ethyl adjacent to an activating group) is 1. The molecule has 1 saturated heterocycles. The highest BCUT2D eigenvalue weighted by molar-refractivity contribution is 5.16. The quantitative estimate of drug-likeness (QED) is 0.467. The van der Waals surface area contributed by atoms with Crippen molar-refractivity contribution < 1.29 is 0 Å². The lowest BCUT2D eigenvalue weighted by Gasteiger charge is -2.23. The summed E-state index contributed by atoms with van der Waals surface area (Å²) < 4.78 is 0. The van der Waals surface area contributed by atoms with E-state index in [-0.39, 0.29) is 0 Å². The standard InChI is InChI=1S/C8H12N2/c1-10-6-2-3-8(7-10)4-5-9/h4H,2-3,6-7H2,1H3/b8-4-. The Labute approximate surface area is 61.8 Å². The normalized spacial score (nSPS) is 24.6. The van der Waals surface area contributed by atoms with Crippen molar-refractivity contribution in [1.82, 2.24) is 4.90 Å². The number of allylic oxidation sites excluding steroid dienone is 1. The molecule has 0 atom stereocenters. The summed E-state index contributed by atoms with van der Waals surface area (Å²) in [6.45, 7) is 2.15. The van der Waals surface area contributed by atoms with E-state index >= 15 is 0 Å². The molecule has 0 amide bonds. The predicted octanol–water partition coefficient (Wildman–Crippen LogP) is 1.16. The van der Waals surface area contributed by atoms with E-state index < -0.39 is 0 Å². The first-order chi connectivity index (χ1) is 4.83. The molecular weight excluding hydrogens is 124 g/mol. The SMILES string of the molecule is CN1CCC/C(=C/C#N)C1. The third-order valence-corrected chi connectivity index (χ3v) is 1.78. The zero-order valence-electron chi connectivity index (χ0n) is 6.30. The lowest BCUT2D eigenvalue weighted by Crippen LogP contribution is -2.26. The lowest BCUT2D eigenvalue weighted by molar-refractivity contribution is 0.322. The van der Waals surface area contributed by atoms with Gasteiger partial charge in [-0.1, -0.05) is 0 Å². The Morgan fingerprint density at radius 3 is 3.10 bits per heavy atom. The summed E-state index contributed by atoms with van der Waals surface area (Å²) in [5.41, 5.74) is 1.27. The van der Waals surface area contributed by atoms with Gasteiger partial charge in [0.1, 0.15) is 0 Å². The molecule has 10 heavy (non-hydrogen) atoms. The minimum Gasteiger partial charge on any atom is -0.302 e. The third kappa shape index (κ3) is 1.85. The molecule has 2 nitrogen and oxygen atoms in total. The number of hydrogen-bond acceptors (Lipinski definition) is 2. The molecule has 2 heteroatoms. The fourth-order valence-electron chi connectivity index (χ4n) is 1.29. The van der Waals surface area contributed by atoms with E-state index in [0.29, 0.717) is 0 Å². The van der Waals surface area contributed by atoms with E-state index in [0.717, 1.165) is 13.0 Å². The second-order valence-electron chi connectivity index (χ2n) is 2.77. The Hall–Kier alpha value is -0.810. The second kappa shape index (κ2) is 3.38. The molecule has 0 N–H and O–H groups in total. The second-order valence-corrected chi connectivity index (χ2v) is 2.77. The molecule has 0 unspecified atom stereocenters. The third-order valence-electron chi connectivity index (χ3n) is 1.78. The number of likely N-dealkylation sites (tertiary alicyclic amines) is 1. The zero-order chi connectivity index (χ0) is 7.40. The summed E-state index contributed by atoms with van der Waals surface area (Å²) in [5, 5.41) is 8.36. The van der Waals surface area contributed by atoms with Gasteiger partial charge in [0, 0.05) is 12.6 Å². The van der Waals surface area contributed by atoms with Crippen LogP contribution in [-0.4, -0.2) is 25.0 Å². The topological polar surface area (TPSA) is 27.0 Å². The fourth-order valence-corrected chi connectivity index (χ4v) is 1.29. The molecule has 0 aromatic carbocycles. The molecule has 0 aromatic rings. The maximum absolute atomic E-state index is 8.36. The van der Waals surface area contributed by atoms with Crippen molar-refractivity contribution in [2.75, 3.05) is 20.1 Å². The van der Waals surface area contributed by atoms with Crippen molar-refractivity contribution in [2.45, 2.75) is 12.8 Å². The van der Waals surface area contributed by atoms with Crippen LogP contribution < -0.4 is 0 Å². The fraction of sp³-hybridized carbons (Fsp3) is 0.625. The van der Waals surface area contributed by atoms with Gasteiger partial charge in [0.15, 0.2) is 0 Å². The molecule has 0 spiro atoms. The summed E-state index contributed by atoms with van der Waals surface area (Å²) >= 11 is 0. The highest BCUT2D eigenvalue weighted by Crippen LogP contribution is 2.12. The molecule has 54 valence electrons. The first-order valence-electron chi connectivity index (χ1n) is 3.59. The van der Waals surface area contributed by atoms with Crippen molar-refractivity contribution in [3.05, 3.63) is 11.6 Å². The molecule has 0 saturated carbocycles. The molecule has 0 radical (unpaired) electrons. The van der Waals surface area contributed by atoms with Crippen LogP contribution in [0.4, 0.5) is 0 Å². The Kier molecular flexibility index (Phi) is 2.47. The number of nitriles is 1. The van der Waals surface area contributed by atoms with Gasteiger partial charge < -0.3 is 4.90 Å². The molecular formula is C8H12N2. The lowest BCUT2D eigenvalue weighted by atomic mass is 10.1. The van der Waals surface area contributed by atoms with Crippen LogP contribution >= 0.6 is 0 Å². The van der Waals surface area contributed by atoms with Gasteiger partial charge in [0.25, 0.3) is 0 Å². The van der Waals surface area contributed by atoms with Crippen LogP contribution in [0.15, 0.2) is 11.6 Å². The van der Waals surface area contributed by atoms with Crippen LogP contribution in [-0.2, 0) is 0 Å². The Morgan fingerprint density at radius 2 is 2.50 bits per heavy atom. The molecule has 0 aromatic heterocycles. The van der Waals surface area contributed by atoms with Crippen molar-refractivity contribution in [3.63, 3.8) is 0 Å². The van der Waals surface area contributed by atoms with Crippen LogP contribution in [0.25, 0.3) is 0 Å². The van der Waals surface area contributed by atoms with Gasteiger partial charge in [-0.2, -0.15) is 5.26 Å². The van der Waals surface area contributed by atoms with Crippen LogP contribution in [0.3, 0.4) is 0 Å². The van der Waals surface area contributed by atoms with E-state index in [9.17, 15) is 0 Å². The zero-order valence-corrected chi connectivity index (χ0v) is 6.30. The maximum Gasteiger partial charge on any atom is 0.0912 e. The molecule has 1 aliphatic rings. The van der Waals surface area contributed by atoms with E-state index in [1.165, 1.54) is 18.5 Å². The average Bonchev–Trinajstić information content (AvgIpc) is 1.88. The summed E-state index contributed by atoms with van der Waals surface area (Å²) in [7, 11) is 2.09. The number of nitrogens with zero attached hydrogens (tertiary/aromatic N) is 2. The van der Waals surface area contributed by atoms with Gasteiger partial charge in [-0.25, -0.2) is 0 Å². The molecule has 1 fully saturated rings. The molecule has 1 aliphatic heterocycles. The number of piperidine rings is 1. The van der Waals surface area contributed by atoms with E-state index in [1.807, 2.05) is 0 Å². The minimum atomic E-state index is 0.980. The summed E-state index contributed by atoms with van der Waals surface area (Å²) in [6.07, 6.45) is 3.98. The molecule has 1 heterocycles. The maximum atomic E-state index is 8.36. The van der Waals surface area contributed by atoms with Crippen molar-refractivity contribution in [1.29, 1.82) is 5.26 Å². The van der Waals surface area contributed by atoms with E-state index in [1.54, 1.807) is 6.08 Å². The summed E-state index contributed by atoms with van der Waals surface area (Å²) in [6, 6.07) is 2.07. The number of rotatable bonds is 0. The van der Waals surface area contributed by atoms with Gasteiger partial charge in [-0.3, -0.25) is 0 Å². The monoisotopic (exact) mass is 136 g/mol. The van der Waals surface area contributed by atoms with Crippen molar-refractivity contribution in [3.8, 4) is 6.07 Å². The first kappa shape index (κ1) is 7.30. The average molecular weight is 136 g/mol. The molecule has 1 rings (SSSR count). The van der Waals surface area contributed by atoms with E-state index in [2.05, 4.69) is 18.0 Å². The predicted molar refractivity (Wildman–Crippen MR) is 40.4 cm³/mol. The van der Waals surface area contributed by atoms with Crippen molar-refractivity contribution >= 4 is 0 Å². The molecule has 0 bridgehead atoms. The van der Waals surface area contributed by atoms with Gasteiger partial charge in [0.2, 0.25) is 0 Å². The summed E-state index contributed by atoms with van der Waals surface area (Å²) in [5.74, 6) is 0. The van der Waals surface area contributed by atoms with Gasteiger partial charge in [-0.05, 0) is 32.0 Å². The van der Waals surface area contributed by atoms with Crippen LogP contribution in [0.5, 0.6) is 0 Å². The highest BCUT2D eigenvalue weighted by Gasteiger charge is 2.08.